The predicted molar refractivity (Wildman–Crippen MR) is 67.4 cm³/mol. The van der Waals surface area contributed by atoms with Crippen molar-refractivity contribution in [3.63, 3.8) is 0 Å². The molecule has 0 amide bonds. The molecule has 0 spiro atoms. The van der Waals surface area contributed by atoms with Crippen molar-refractivity contribution in [2.45, 2.75) is 32.3 Å². The number of aliphatic hydroxyl groups is 1. The zero-order valence-electron chi connectivity index (χ0n) is 10.8. The maximum absolute atomic E-state index is 10.2. The molecule has 1 rings (SSSR count). The molecule has 4 heteroatoms. The van der Waals surface area contributed by atoms with E-state index in [1.807, 2.05) is 20.8 Å². The molecule has 0 aliphatic carbocycles. The van der Waals surface area contributed by atoms with Crippen LogP contribution in [0.4, 0.5) is 0 Å². The molecule has 0 aliphatic rings. The number of ether oxygens (including phenoxy) is 1. The highest BCUT2D eigenvalue weighted by molar-refractivity contribution is 5.50. The number of rotatable bonds is 3. The first-order valence-corrected chi connectivity index (χ1v) is 5.60. The number of benzene rings is 1. The Morgan fingerprint density at radius 1 is 1.35 bits per heavy atom. The average Bonchev–Trinajstić information content (AvgIpc) is 2.26. The SMILES string of the molecule is COc1cc(C(O)CN)c(O)c(C(C)(C)C)c1. The Balaban J connectivity index is 3.41. The van der Waals surface area contributed by atoms with E-state index < -0.39 is 6.10 Å². The molecule has 0 fully saturated rings. The monoisotopic (exact) mass is 239 g/mol. The van der Waals surface area contributed by atoms with Gasteiger partial charge in [-0.2, -0.15) is 0 Å². The molecule has 0 saturated heterocycles. The summed E-state index contributed by atoms with van der Waals surface area (Å²) in [6.07, 6.45) is -0.883. The summed E-state index contributed by atoms with van der Waals surface area (Å²) in [5.41, 5.74) is 6.34. The molecule has 17 heavy (non-hydrogen) atoms. The van der Waals surface area contributed by atoms with Crippen molar-refractivity contribution in [2.75, 3.05) is 13.7 Å². The van der Waals surface area contributed by atoms with Gasteiger partial charge in [-0.3, -0.25) is 0 Å². The smallest absolute Gasteiger partial charge is 0.125 e. The van der Waals surface area contributed by atoms with E-state index in [2.05, 4.69) is 0 Å². The van der Waals surface area contributed by atoms with Gasteiger partial charge in [-0.25, -0.2) is 0 Å². The maximum Gasteiger partial charge on any atom is 0.125 e. The number of aromatic hydroxyl groups is 1. The predicted octanol–water partition coefficient (Wildman–Crippen LogP) is 1.69. The second-order valence-corrected chi connectivity index (χ2v) is 5.11. The number of aliphatic hydroxyl groups excluding tert-OH is 1. The van der Waals surface area contributed by atoms with Gasteiger partial charge < -0.3 is 20.7 Å². The number of phenols is 1. The standard InChI is InChI=1S/C13H21NO3/c1-13(2,3)10-6-8(17-4)5-9(12(10)16)11(15)7-14/h5-6,11,15-16H,7,14H2,1-4H3. The molecular formula is C13H21NO3. The molecule has 0 bridgehead atoms. The van der Waals surface area contributed by atoms with E-state index in [9.17, 15) is 10.2 Å². The van der Waals surface area contributed by atoms with Crippen LogP contribution >= 0.6 is 0 Å². The molecule has 4 N–H and O–H groups in total. The third-order valence-electron chi connectivity index (χ3n) is 2.74. The van der Waals surface area contributed by atoms with Crippen molar-refractivity contribution >= 4 is 0 Å². The second kappa shape index (κ2) is 4.94. The van der Waals surface area contributed by atoms with Gasteiger partial charge >= 0.3 is 0 Å². The van der Waals surface area contributed by atoms with Crippen LogP contribution in [0.3, 0.4) is 0 Å². The normalized spacial score (nSPS) is 13.5. The molecule has 1 unspecified atom stereocenters. The minimum absolute atomic E-state index is 0.0598. The molecule has 1 aromatic carbocycles. The van der Waals surface area contributed by atoms with Gasteiger partial charge in [-0.05, 0) is 17.5 Å². The van der Waals surface area contributed by atoms with E-state index in [4.69, 9.17) is 10.5 Å². The molecule has 96 valence electrons. The van der Waals surface area contributed by atoms with Crippen LogP contribution in [0.1, 0.15) is 38.0 Å². The number of hydrogen-bond donors (Lipinski definition) is 3. The van der Waals surface area contributed by atoms with E-state index in [1.165, 1.54) is 0 Å². The Bertz CT molecular complexity index is 396. The van der Waals surface area contributed by atoms with Crippen molar-refractivity contribution < 1.29 is 14.9 Å². The zero-order chi connectivity index (χ0) is 13.2. The molecular weight excluding hydrogens is 218 g/mol. The third kappa shape index (κ3) is 2.90. The van der Waals surface area contributed by atoms with E-state index in [-0.39, 0.29) is 17.7 Å². The molecule has 4 nitrogen and oxygen atoms in total. The summed E-state index contributed by atoms with van der Waals surface area (Å²) < 4.78 is 5.18. The van der Waals surface area contributed by atoms with E-state index in [0.717, 1.165) is 5.56 Å². The molecule has 0 saturated carbocycles. The van der Waals surface area contributed by atoms with Gasteiger partial charge in [0.1, 0.15) is 11.5 Å². The average molecular weight is 239 g/mol. The first-order valence-electron chi connectivity index (χ1n) is 5.60. The van der Waals surface area contributed by atoms with Gasteiger partial charge in [0.15, 0.2) is 0 Å². The highest BCUT2D eigenvalue weighted by Crippen LogP contribution is 2.38. The van der Waals surface area contributed by atoms with Crippen LogP contribution in [-0.4, -0.2) is 23.9 Å². The van der Waals surface area contributed by atoms with Gasteiger partial charge in [0, 0.05) is 17.7 Å². The fraction of sp³-hybridized carbons (Fsp3) is 0.538. The van der Waals surface area contributed by atoms with Crippen LogP contribution in [0.25, 0.3) is 0 Å². The molecule has 0 radical (unpaired) electrons. The van der Waals surface area contributed by atoms with Crippen molar-refractivity contribution in [3.05, 3.63) is 23.3 Å². The number of nitrogens with two attached hydrogens (primary N) is 1. The summed E-state index contributed by atoms with van der Waals surface area (Å²) in [6, 6.07) is 3.39. The third-order valence-corrected chi connectivity index (χ3v) is 2.74. The van der Waals surface area contributed by atoms with Crippen molar-refractivity contribution in [1.29, 1.82) is 0 Å². The largest absolute Gasteiger partial charge is 0.507 e. The number of methoxy groups -OCH3 is 1. The van der Waals surface area contributed by atoms with Gasteiger partial charge in [0.05, 0.1) is 13.2 Å². The van der Waals surface area contributed by atoms with E-state index in [0.29, 0.717) is 11.3 Å². The first-order chi connectivity index (χ1) is 7.81. The van der Waals surface area contributed by atoms with Gasteiger partial charge in [-0.1, -0.05) is 20.8 Å². The number of phenolic OH excluding ortho intramolecular Hbond substituents is 1. The number of hydrogen-bond acceptors (Lipinski definition) is 4. The summed E-state index contributed by atoms with van der Waals surface area (Å²) in [4.78, 5) is 0. The summed E-state index contributed by atoms with van der Waals surface area (Å²) in [5, 5.41) is 20.0. The summed E-state index contributed by atoms with van der Waals surface area (Å²) in [7, 11) is 1.55. The van der Waals surface area contributed by atoms with Crippen molar-refractivity contribution in [2.24, 2.45) is 5.73 Å². The molecule has 1 atom stereocenters. The lowest BCUT2D eigenvalue weighted by Gasteiger charge is -2.24. The zero-order valence-corrected chi connectivity index (χ0v) is 10.8. The Hall–Kier alpha value is -1.26. The first kappa shape index (κ1) is 13.8. The van der Waals surface area contributed by atoms with Crippen LogP contribution in [-0.2, 0) is 5.41 Å². The lowest BCUT2D eigenvalue weighted by molar-refractivity contribution is 0.181. The summed E-state index contributed by atoms with van der Waals surface area (Å²) in [5.74, 6) is 0.700. The fourth-order valence-electron chi connectivity index (χ4n) is 1.70. The topological polar surface area (TPSA) is 75.7 Å². The Labute approximate surface area is 102 Å². The fourth-order valence-corrected chi connectivity index (χ4v) is 1.70. The maximum atomic E-state index is 10.2. The summed E-state index contributed by atoms with van der Waals surface area (Å²) in [6.45, 7) is 6.02. The minimum Gasteiger partial charge on any atom is -0.507 e. The highest BCUT2D eigenvalue weighted by atomic mass is 16.5. The Morgan fingerprint density at radius 3 is 2.35 bits per heavy atom. The molecule has 0 heterocycles. The van der Waals surface area contributed by atoms with Crippen LogP contribution in [0.2, 0.25) is 0 Å². The van der Waals surface area contributed by atoms with Crippen molar-refractivity contribution in [1.82, 2.24) is 0 Å². The van der Waals surface area contributed by atoms with Crippen molar-refractivity contribution in [3.8, 4) is 11.5 Å². The Kier molecular flexibility index (Phi) is 4.01. The van der Waals surface area contributed by atoms with E-state index >= 15 is 0 Å². The van der Waals surface area contributed by atoms with Crippen LogP contribution in [0.5, 0.6) is 11.5 Å². The van der Waals surface area contributed by atoms with Crippen LogP contribution < -0.4 is 10.5 Å². The molecule has 0 aliphatic heterocycles. The van der Waals surface area contributed by atoms with Gasteiger partial charge in [0.25, 0.3) is 0 Å². The van der Waals surface area contributed by atoms with E-state index in [1.54, 1.807) is 19.2 Å². The molecule has 0 aromatic heterocycles. The lowest BCUT2D eigenvalue weighted by atomic mass is 9.84. The van der Waals surface area contributed by atoms with Gasteiger partial charge in [0.2, 0.25) is 0 Å². The minimum atomic E-state index is -0.883. The highest BCUT2D eigenvalue weighted by Gasteiger charge is 2.23. The van der Waals surface area contributed by atoms with Crippen LogP contribution in [0, 0.1) is 0 Å². The second-order valence-electron chi connectivity index (χ2n) is 5.11. The van der Waals surface area contributed by atoms with Crippen LogP contribution in [0.15, 0.2) is 12.1 Å². The Morgan fingerprint density at radius 2 is 1.94 bits per heavy atom. The summed E-state index contributed by atoms with van der Waals surface area (Å²) >= 11 is 0. The molecule has 1 aromatic rings. The lowest BCUT2D eigenvalue weighted by Crippen LogP contribution is -2.16. The quantitative estimate of drug-likeness (QED) is 0.750. The van der Waals surface area contributed by atoms with Gasteiger partial charge in [-0.15, -0.1) is 0 Å².